The van der Waals surface area contributed by atoms with Crippen molar-refractivity contribution in [1.29, 1.82) is 0 Å². The van der Waals surface area contributed by atoms with Crippen LogP contribution in [-0.2, 0) is 4.79 Å². The number of amides is 2. The number of halogens is 1. The van der Waals surface area contributed by atoms with Crippen molar-refractivity contribution in [3.8, 4) is 0 Å². The van der Waals surface area contributed by atoms with Crippen molar-refractivity contribution in [1.82, 2.24) is 5.32 Å². The number of aliphatic carboxylic acids is 1. The molecule has 0 aliphatic rings. The molecule has 0 aliphatic heterocycles. The molecular formula is C13H17FN2O3. The normalized spacial score (nSPS) is 10.9. The van der Waals surface area contributed by atoms with Gasteiger partial charge in [-0.2, -0.15) is 0 Å². The van der Waals surface area contributed by atoms with Gasteiger partial charge in [0.15, 0.2) is 0 Å². The zero-order chi connectivity index (χ0) is 14.6. The molecule has 2 amide bonds. The van der Waals surface area contributed by atoms with Crippen molar-refractivity contribution in [3.63, 3.8) is 0 Å². The molecule has 0 unspecified atom stereocenters. The molecule has 1 aromatic rings. The summed E-state index contributed by atoms with van der Waals surface area (Å²) in [7, 11) is 0. The first-order chi connectivity index (χ1) is 8.77. The van der Waals surface area contributed by atoms with E-state index in [1.54, 1.807) is 13.0 Å². The number of nitrogens with one attached hydrogen (secondary N) is 1. The van der Waals surface area contributed by atoms with E-state index in [-0.39, 0.29) is 0 Å². The standard InChI is InChI=1S/C13H17FN2O3/c1-4-16(10-7-5-6-9(14)8-10)12(19)15-13(2,3)11(17)18/h5-8H,4H2,1-3H3,(H,15,19)(H,17,18). The minimum atomic E-state index is -1.39. The summed E-state index contributed by atoms with van der Waals surface area (Å²) < 4.78 is 13.1. The molecule has 0 aliphatic carbocycles. The predicted octanol–water partition coefficient (Wildman–Crippen LogP) is 2.22. The van der Waals surface area contributed by atoms with Crippen molar-refractivity contribution >= 4 is 17.7 Å². The Kier molecular flexibility index (Phi) is 4.47. The maximum atomic E-state index is 13.1. The summed E-state index contributed by atoms with van der Waals surface area (Å²) in [6.45, 7) is 4.78. The Balaban J connectivity index is 2.92. The number of carboxylic acids is 1. The highest BCUT2D eigenvalue weighted by Gasteiger charge is 2.30. The molecule has 1 rings (SSSR count). The minimum absolute atomic E-state index is 0.297. The lowest BCUT2D eigenvalue weighted by atomic mass is 10.1. The molecule has 104 valence electrons. The summed E-state index contributed by atoms with van der Waals surface area (Å²) in [5, 5.41) is 11.4. The van der Waals surface area contributed by atoms with Gasteiger partial charge in [-0.1, -0.05) is 6.07 Å². The first kappa shape index (κ1) is 14.9. The van der Waals surface area contributed by atoms with Crippen LogP contribution in [0.3, 0.4) is 0 Å². The van der Waals surface area contributed by atoms with Crippen molar-refractivity contribution in [2.24, 2.45) is 0 Å². The van der Waals surface area contributed by atoms with Crippen LogP contribution in [-0.4, -0.2) is 29.2 Å². The van der Waals surface area contributed by atoms with Crippen molar-refractivity contribution in [2.75, 3.05) is 11.4 Å². The molecule has 0 fully saturated rings. The topological polar surface area (TPSA) is 69.6 Å². The largest absolute Gasteiger partial charge is 0.480 e. The van der Waals surface area contributed by atoms with E-state index < -0.39 is 23.4 Å². The monoisotopic (exact) mass is 268 g/mol. The number of rotatable bonds is 4. The van der Waals surface area contributed by atoms with Crippen LogP contribution in [0, 0.1) is 5.82 Å². The Morgan fingerprint density at radius 3 is 2.53 bits per heavy atom. The van der Waals surface area contributed by atoms with E-state index in [1.807, 2.05) is 0 Å². The molecular weight excluding hydrogens is 251 g/mol. The van der Waals surface area contributed by atoms with Crippen LogP contribution in [0.5, 0.6) is 0 Å². The van der Waals surface area contributed by atoms with Crippen LogP contribution < -0.4 is 10.2 Å². The molecule has 1 aromatic carbocycles. The number of carboxylic acid groups (broad SMARTS) is 1. The summed E-state index contributed by atoms with van der Waals surface area (Å²) in [5.41, 5.74) is -1.01. The molecule has 0 heterocycles. The maximum absolute atomic E-state index is 13.1. The zero-order valence-electron chi connectivity index (χ0n) is 11.1. The maximum Gasteiger partial charge on any atom is 0.328 e. The van der Waals surface area contributed by atoms with E-state index in [9.17, 15) is 14.0 Å². The van der Waals surface area contributed by atoms with Crippen molar-refractivity contribution in [3.05, 3.63) is 30.1 Å². The van der Waals surface area contributed by atoms with Crippen molar-refractivity contribution < 1.29 is 19.1 Å². The predicted molar refractivity (Wildman–Crippen MR) is 69.7 cm³/mol. The molecule has 0 bridgehead atoms. The smallest absolute Gasteiger partial charge is 0.328 e. The number of benzene rings is 1. The van der Waals surface area contributed by atoms with E-state index >= 15 is 0 Å². The van der Waals surface area contributed by atoms with Crippen LogP contribution in [0.2, 0.25) is 0 Å². The first-order valence-electron chi connectivity index (χ1n) is 5.86. The fourth-order valence-electron chi connectivity index (χ4n) is 1.48. The lowest BCUT2D eigenvalue weighted by Crippen LogP contribution is -2.54. The molecule has 6 heteroatoms. The van der Waals surface area contributed by atoms with Gasteiger partial charge in [0.2, 0.25) is 0 Å². The van der Waals surface area contributed by atoms with E-state index in [1.165, 1.54) is 36.9 Å². The van der Waals surface area contributed by atoms with Crippen LogP contribution in [0.4, 0.5) is 14.9 Å². The summed E-state index contributed by atoms with van der Waals surface area (Å²) in [6, 6.07) is 4.98. The fraction of sp³-hybridized carbons (Fsp3) is 0.385. The van der Waals surface area contributed by atoms with E-state index in [0.29, 0.717) is 12.2 Å². The van der Waals surface area contributed by atoms with Crippen LogP contribution in [0.15, 0.2) is 24.3 Å². The number of hydrogen-bond acceptors (Lipinski definition) is 2. The van der Waals surface area contributed by atoms with Gasteiger partial charge in [0.1, 0.15) is 11.4 Å². The average Bonchev–Trinajstić information content (AvgIpc) is 2.29. The average molecular weight is 268 g/mol. The van der Waals surface area contributed by atoms with Gasteiger partial charge in [-0.3, -0.25) is 4.90 Å². The van der Waals surface area contributed by atoms with E-state index in [2.05, 4.69) is 5.32 Å². The van der Waals surface area contributed by atoms with Gasteiger partial charge in [0, 0.05) is 12.2 Å². The highest BCUT2D eigenvalue weighted by molar-refractivity contribution is 5.95. The van der Waals surface area contributed by atoms with Gasteiger partial charge < -0.3 is 10.4 Å². The molecule has 2 N–H and O–H groups in total. The van der Waals surface area contributed by atoms with E-state index in [0.717, 1.165) is 0 Å². The summed E-state index contributed by atoms with van der Waals surface area (Å²) in [6.07, 6.45) is 0. The summed E-state index contributed by atoms with van der Waals surface area (Å²) >= 11 is 0. The molecule has 0 aromatic heterocycles. The molecule has 0 saturated carbocycles. The lowest BCUT2D eigenvalue weighted by molar-refractivity contribution is -0.142. The number of hydrogen-bond donors (Lipinski definition) is 2. The Bertz CT molecular complexity index is 489. The number of nitrogens with zero attached hydrogens (tertiary/aromatic N) is 1. The van der Waals surface area contributed by atoms with Gasteiger partial charge in [-0.05, 0) is 39.0 Å². The van der Waals surface area contributed by atoms with Crippen molar-refractivity contribution in [2.45, 2.75) is 26.3 Å². The van der Waals surface area contributed by atoms with Gasteiger partial charge in [-0.15, -0.1) is 0 Å². The lowest BCUT2D eigenvalue weighted by Gasteiger charge is -2.27. The zero-order valence-corrected chi connectivity index (χ0v) is 11.1. The summed E-state index contributed by atoms with van der Waals surface area (Å²) in [5.74, 6) is -1.60. The van der Waals surface area contributed by atoms with E-state index in [4.69, 9.17) is 5.11 Å². The highest BCUT2D eigenvalue weighted by atomic mass is 19.1. The molecule has 0 atom stereocenters. The third-order valence-electron chi connectivity index (χ3n) is 2.64. The van der Waals surface area contributed by atoms with Crippen LogP contribution in [0.25, 0.3) is 0 Å². The SMILES string of the molecule is CCN(C(=O)NC(C)(C)C(=O)O)c1cccc(F)c1. The van der Waals surface area contributed by atoms with Gasteiger partial charge in [-0.25, -0.2) is 14.0 Å². The number of urea groups is 1. The Morgan fingerprint density at radius 1 is 1.42 bits per heavy atom. The molecule has 5 nitrogen and oxygen atoms in total. The highest BCUT2D eigenvalue weighted by Crippen LogP contribution is 2.16. The quantitative estimate of drug-likeness (QED) is 0.879. The van der Waals surface area contributed by atoms with Gasteiger partial charge in [0.25, 0.3) is 0 Å². The Hall–Kier alpha value is -2.11. The number of carbonyl (C=O) groups excluding carboxylic acids is 1. The number of anilines is 1. The van der Waals surface area contributed by atoms with Crippen LogP contribution >= 0.6 is 0 Å². The summed E-state index contributed by atoms with van der Waals surface area (Å²) in [4.78, 5) is 24.3. The fourth-order valence-corrected chi connectivity index (χ4v) is 1.48. The second-order valence-electron chi connectivity index (χ2n) is 4.58. The number of carbonyl (C=O) groups is 2. The molecule has 0 radical (unpaired) electrons. The third-order valence-corrected chi connectivity index (χ3v) is 2.64. The molecule has 0 saturated heterocycles. The van der Waals surface area contributed by atoms with Gasteiger partial charge in [0.05, 0.1) is 0 Å². The second kappa shape index (κ2) is 5.69. The molecule has 19 heavy (non-hydrogen) atoms. The van der Waals surface area contributed by atoms with Crippen LogP contribution in [0.1, 0.15) is 20.8 Å². The Morgan fingerprint density at radius 2 is 2.05 bits per heavy atom. The third kappa shape index (κ3) is 3.67. The molecule has 0 spiro atoms. The van der Waals surface area contributed by atoms with Gasteiger partial charge >= 0.3 is 12.0 Å². The minimum Gasteiger partial charge on any atom is -0.480 e. The second-order valence-corrected chi connectivity index (χ2v) is 4.58. The first-order valence-corrected chi connectivity index (χ1v) is 5.86. The Labute approximate surface area is 111 Å².